The number of rotatable bonds is 4. The topological polar surface area (TPSA) is 38.9 Å². The Morgan fingerprint density at radius 3 is 3.20 bits per heavy atom. The first-order chi connectivity index (χ1) is 4.93. The Morgan fingerprint density at radius 2 is 2.60 bits per heavy atom. The number of hydrogen-bond acceptors (Lipinski definition) is 4. The Kier molecular flexibility index (Phi) is 3.29. The fourth-order valence-electron chi connectivity index (χ4n) is 0.564. The van der Waals surface area contributed by atoms with E-state index >= 15 is 0 Å². The van der Waals surface area contributed by atoms with E-state index in [0.29, 0.717) is 0 Å². The van der Waals surface area contributed by atoms with Crippen LogP contribution < -0.4 is 0 Å². The van der Waals surface area contributed by atoms with Crippen LogP contribution in [0.4, 0.5) is 0 Å². The van der Waals surface area contributed by atoms with E-state index in [1.54, 1.807) is 0 Å². The molecule has 0 N–H and O–H groups in total. The first-order valence-corrected chi connectivity index (χ1v) is 4.42. The number of nitrogens with zero attached hydrogens (tertiary/aromatic N) is 2. The summed E-state index contributed by atoms with van der Waals surface area (Å²) in [5.41, 5.74) is 0. The lowest BCUT2D eigenvalue weighted by Crippen LogP contribution is -1.83. The van der Waals surface area contributed by atoms with Crippen LogP contribution in [-0.2, 0) is 5.75 Å². The molecule has 0 amide bonds. The van der Waals surface area contributed by atoms with Crippen LogP contribution >= 0.6 is 11.8 Å². The molecule has 1 rings (SSSR count). The second-order valence-corrected chi connectivity index (χ2v) is 3.01. The lowest BCUT2D eigenvalue weighted by molar-refractivity contribution is 0.412. The molecule has 0 saturated heterocycles. The van der Waals surface area contributed by atoms with Crippen LogP contribution in [0.5, 0.6) is 0 Å². The zero-order chi connectivity index (χ0) is 7.23. The van der Waals surface area contributed by atoms with Crippen molar-refractivity contribution in [1.82, 2.24) is 10.1 Å². The monoisotopic (exact) mass is 158 g/mol. The normalized spacial score (nSPS) is 10.1. The van der Waals surface area contributed by atoms with Crippen molar-refractivity contribution in [3.05, 3.63) is 12.2 Å². The fourth-order valence-corrected chi connectivity index (χ4v) is 1.31. The second-order valence-electron chi connectivity index (χ2n) is 1.90. The van der Waals surface area contributed by atoms with Crippen molar-refractivity contribution in [1.29, 1.82) is 0 Å². The van der Waals surface area contributed by atoms with E-state index in [1.165, 1.54) is 12.8 Å². The summed E-state index contributed by atoms with van der Waals surface area (Å²) in [4.78, 5) is 3.89. The lowest BCUT2D eigenvalue weighted by Gasteiger charge is -1.91. The quantitative estimate of drug-likeness (QED) is 0.625. The van der Waals surface area contributed by atoms with Crippen LogP contribution in [0.25, 0.3) is 0 Å². The SMILES string of the molecule is CCCSCc1ncon1. The molecule has 56 valence electrons. The standard InChI is InChI=1S/C6H10N2OS/c1-2-3-10-4-6-7-5-9-8-6/h5H,2-4H2,1H3. The third kappa shape index (κ3) is 2.39. The maximum absolute atomic E-state index is 4.57. The second kappa shape index (κ2) is 4.33. The van der Waals surface area contributed by atoms with Gasteiger partial charge in [-0.3, -0.25) is 0 Å². The van der Waals surface area contributed by atoms with Crippen LogP contribution in [0.3, 0.4) is 0 Å². The Labute approximate surface area is 64.2 Å². The molecule has 10 heavy (non-hydrogen) atoms. The first-order valence-electron chi connectivity index (χ1n) is 3.26. The third-order valence-corrected chi connectivity index (χ3v) is 2.15. The highest BCUT2D eigenvalue weighted by Gasteiger charge is 1.95. The van der Waals surface area contributed by atoms with Crippen LogP contribution in [0.1, 0.15) is 19.2 Å². The van der Waals surface area contributed by atoms with E-state index in [4.69, 9.17) is 0 Å². The molecule has 4 heteroatoms. The molecule has 0 radical (unpaired) electrons. The van der Waals surface area contributed by atoms with Gasteiger partial charge in [0.1, 0.15) is 0 Å². The van der Waals surface area contributed by atoms with E-state index in [0.717, 1.165) is 17.3 Å². The highest BCUT2D eigenvalue weighted by atomic mass is 32.2. The number of thioether (sulfide) groups is 1. The van der Waals surface area contributed by atoms with E-state index in [2.05, 4.69) is 21.6 Å². The highest BCUT2D eigenvalue weighted by Crippen LogP contribution is 2.07. The minimum Gasteiger partial charge on any atom is -0.343 e. The van der Waals surface area contributed by atoms with Crippen LogP contribution in [0.2, 0.25) is 0 Å². The highest BCUT2D eigenvalue weighted by molar-refractivity contribution is 7.98. The Hall–Kier alpha value is -0.510. The maximum atomic E-state index is 4.57. The summed E-state index contributed by atoms with van der Waals surface area (Å²) in [7, 11) is 0. The first kappa shape index (κ1) is 7.60. The minimum absolute atomic E-state index is 0.790. The molecule has 0 atom stereocenters. The summed E-state index contributed by atoms with van der Waals surface area (Å²) in [5, 5.41) is 3.68. The maximum Gasteiger partial charge on any atom is 0.213 e. The van der Waals surface area contributed by atoms with Crippen molar-refractivity contribution in [2.45, 2.75) is 19.1 Å². The molecule has 0 spiro atoms. The van der Waals surface area contributed by atoms with Crippen LogP contribution in [-0.4, -0.2) is 15.9 Å². The predicted molar refractivity (Wildman–Crippen MR) is 40.8 cm³/mol. The molecule has 0 aromatic carbocycles. The summed E-state index contributed by atoms with van der Waals surface area (Å²) < 4.78 is 4.57. The van der Waals surface area contributed by atoms with Gasteiger partial charge in [0.05, 0.1) is 5.75 Å². The smallest absolute Gasteiger partial charge is 0.213 e. The van der Waals surface area contributed by atoms with Crippen molar-refractivity contribution in [2.24, 2.45) is 0 Å². The summed E-state index contributed by atoms with van der Waals surface area (Å²) in [6, 6.07) is 0. The molecular weight excluding hydrogens is 148 g/mol. The van der Waals surface area contributed by atoms with Gasteiger partial charge >= 0.3 is 0 Å². The molecule has 1 aromatic rings. The van der Waals surface area contributed by atoms with Gasteiger partial charge in [-0.25, -0.2) is 0 Å². The van der Waals surface area contributed by atoms with E-state index < -0.39 is 0 Å². The van der Waals surface area contributed by atoms with Crippen molar-refractivity contribution in [3.63, 3.8) is 0 Å². The Morgan fingerprint density at radius 1 is 1.70 bits per heavy atom. The zero-order valence-corrected chi connectivity index (χ0v) is 6.73. The van der Waals surface area contributed by atoms with Gasteiger partial charge in [-0.05, 0) is 12.2 Å². The number of hydrogen-bond donors (Lipinski definition) is 0. The summed E-state index contributed by atoms with van der Waals surface area (Å²) in [6.07, 6.45) is 2.56. The average molecular weight is 158 g/mol. The molecule has 0 aliphatic rings. The Bertz CT molecular complexity index is 164. The average Bonchev–Trinajstić information content (AvgIpc) is 2.41. The van der Waals surface area contributed by atoms with E-state index in [9.17, 15) is 0 Å². The third-order valence-electron chi connectivity index (χ3n) is 0.987. The van der Waals surface area contributed by atoms with Gasteiger partial charge < -0.3 is 4.52 Å². The van der Waals surface area contributed by atoms with Crippen molar-refractivity contribution in [2.75, 3.05) is 5.75 Å². The van der Waals surface area contributed by atoms with Crippen molar-refractivity contribution >= 4 is 11.8 Å². The lowest BCUT2D eigenvalue weighted by atomic mass is 10.6. The van der Waals surface area contributed by atoms with Gasteiger partial charge in [-0.2, -0.15) is 16.7 Å². The summed E-state index contributed by atoms with van der Waals surface area (Å²) in [6.45, 7) is 2.16. The van der Waals surface area contributed by atoms with E-state index in [-0.39, 0.29) is 0 Å². The predicted octanol–water partition coefficient (Wildman–Crippen LogP) is 1.71. The molecule has 0 aliphatic carbocycles. The molecule has 1 aromatic heterocycles. The summed E-state index contributed by atoms with van der Waals surface area (Å²) in [5.74, 6) is 2.82. The van der Waals surface area contributed by atoms with Crippen LogP contribution in [0, 0.1) is 0 Å². The van der Waals surface area contributed by atoms with E-state index in [1.807, 2.05) is 11.8 Å². The van der Waals surface area contributed by atoms with Gasteiger partial charge in [0.15, 0.2) is 5.82 Å². The largest absolute Gasteiger partial charge is 0.343 e. The molecule has 0 unspecified atom stereocenters. The van der Waals surface area contributed by atoms with Crippen LogP contribution in [0.15, 0.2) is 10.9 Å². The molecule has 1 heterocycles. The van der Waals surface area contributed by atoms with Gasteiger partial charge in [0, 0.05) is 0 Å². The fraction of sp³-hybridized carbons (Fsp3) is 0.667. The molecule has 0 fully saturated rings. The zero-order valence-electron chi connectivity index (χ0n) is 5.91. The van der Waals surface area contributed by atoms with Crippen molar-refractivity contribution in [3.8, 4) is 0 Å². The molecule has 0 aliphatic heterocycles. The van der Waals surface area contributed by atoms with Crippen molar-refractivity contribution < 1.29 is 4.52 Å². The Balaban J connectivity index is 2.15. The van der Waals surface area contributed by atoms with Gasteiger partial charge in [-0.15, -0.1) is 0 Å². The van der Waals surface area contributed by atoms with Gasteiger partial charge in [0.2, 0.25) is 6.39 Å². The minimum atomic E-state index is 0.790. The van der Waals surface area contributed by atoms with Gasteiger partial charge in [-0.1, -0.05) is 12.1 Å². The molecule has 0 bridgehead atoms. The molecule has 0 saturated carbocycles. The molecular formula is C6H10N2OS. The number of aromatic nitrogens is 2. The van der Waals surface area contributed by atoms with Gasteiger partial charge in [0.25, 0.3) is 0 Å². The molecule has 3 nitrogen and oxygen atoms in total. The summed E-state index contributed by atoms with van der Waals surface area (Å²) >= 11 is 1.83.